The molecule has 0 atom stereocenters. The van der Waals surface area contributed by atoms with E-state index in [1.807, 2.05) is 14.1 Å². The van der Waals surface area contributed by atoms with Gasteiger partial charge in [0.05, 0.1) is 15.9 Å². The normalized spacial score (nSPS) is 11.6. The zero-order chi connectivity index (χ0) is 18.7. The molecule has 0 spiro atoms. The Labute approximate surface area is 157 Å². The fourth-order valence-electron chi connectivity index (χ4n) is 3.04. The summed E-state index contributed by atoms with van der Waals surface area (Å²) in [6.07, 6.45) is 0. The topological polar surface area (TPSA) is 84.6 Å². The lowest BCUT2D eigenvalue weighted by Gasteiger charge is -2.14. The number of nitrogens with zero attached hydrogens (tertiary/aromatic N) is 6. The number of benzene rings is 1. The maximum Gasteiger partial charge on any atom is 0.266 e. The molecule has 0 aliphatic carbocycles. The van der Waals surface area contributed by atoms with Gasteiger partial charge in [-0.2, -0.15) is 15.2 Å². The molecule has 0 unspecified atom stereocenters. The number of H-pyrrole nitrogens is 1. The minimum absolute atomic E-state index is 0.212. The van der Waals surface area contributed by atoms with E-state index in [1.165, 1.54) is 4.57 Å². The second-order valence-electron chi connectivity index (χ2n) is 6.20. The van der Waals surface area contributed by atoms with Crippen LogP contribution in [-0.2, 0) is 14.1 Å². The Morgan fingerprint density at radius 2 is 1.88 bits per heavy atom. The SMILES string of the molecule is CN(C)c1nc2[nH]nc(-c3ccc4nn(C)c(Cl)c4c3Cl)c2c(=O)n1C. The largest absolute Gasteiger partial charge is 0.348 e. The minimum Gasteiger partial charge on any atom is -0.348 e. The van der Waals surface area contributed by atoms with Crippen LogP contribution >= 0.6 is 23.2 Å². The van der Waals surface area contributed by atoms with Crippen LogP contribution in [0.15, 0.2) is 16.9 Å². The molecule has 4 aromatic rings. The van der Waals surface area contributed by atoms with Crippen molar-refractivity contribution >= 4 is 51.1 Å². The molecule has 0 fully saturated rings. The molecule has 3 heterocycles. The summed E-state index contributed by atoms with van der Waals surface area (Å²) in [7, 11) is 7.05. The van der Waals surface area contributed by atoms with E-state index in [9.17, 15) is 4.79 Å². The molecule has 0 radical (unpaired) electrons. The zero-order valence-corrected chi connectivity index (χ0v) is 16.0. The lowest BCUT2D eigenvalue weighted by Crippen LogP contribution is -2.26. The van der Waals surface area contributed by atoms with Gasteiger partial charge in [-0.25, -0.2) is 0 Å². The molecule has 8 nitrogen and oxygen atoms in total. The lowest BCUT2D eigenvalue weighted by molar-refractivity contribution is 0.780. The molecule has 0 amide bonds. The van der Waals surface area contributed by atoms with E-state index in [-0.39, 0.29) is 5.56 Å². The van der Waals surface area contributed by atoms with E-state index in [0.29, 0.717) is 49.3 Å². The van der Waals surface area contributed by atoms with E-state index >= 15 is 0 Å². The highest BCUT2D eigenvalue weighted by Crippen LogP contribution is 2.38. The number of halogens is 2. The van der Waals surface area contributed by atoms with Gasteiger partial charge in [-0.15, -0.1) is 0 Å². The minimum atomic E-state index is -0.212. The summed E-state index contributed by atoms with van der Waals surface area (Å²) in [5.74, 6) is 0.523. The Balaban J connectivity index is 2.06. The molecule has 134 valence electrons. The van der Waals surface area contributed by atoms with Crippen molar-refractivity contribution in [3.05, 3.63) is 32.7 Å². The smallest absolute Gasteiger partial charge is 0.266 e. The summed E-state index contributed by atoms with van der Waals surface area (Å²) >= 11 is 12.9. The van der Waals surface area contributed by atoms with E-state index < -0.39 is 0 Å². The summed E-state index contributed by atoms with van der Waals surface area (Å²) in [6, 6.07) is 3.58. The number of fused-ring (bicyclic) bond motifs is 2. The fourth-order valence-corrected chi connectivity index (χ4v) is 3.66. The number of aromatic amines is 1. The average molecular weight is 392 g/mol. The van der Waals surface area contributed by atoms with Crippen LogP contribution in [0.3, 0.4) is 0 Å². The van der Waals surface area contributed by atoms with Gasteiger partial charge in [0.15, 0.2) is 5.65 Å². The molecule has 0 aliphatic heterocycles. The number of hydrogen-bond acceptors (Lipinski definition) is 5. The third kappa shape index (κ3) is 2.22. The monoisotopic (exact) mass is 391 g/mol. The Hall–Kier alpha value is -2.58. The van der Waals surface area contributed by atoms with Crippen molar-refractivity contribution in [1.29, 1.82) is 0 Å². The van der Waals surface area contributed by atoms with Crippen LogP contribution in [-0.4, -0.2) is 43.6 Å². The molecule has 1 N–H and O–H groups in total. The van der Waals surface area contributed by atoms with Crippen LogP contribution in [0.1, 0.15) is 0 Å². The van der Waals surface area contributed by atoms with Gasteiger partial charge in [0, 0.05) is 33.8 Å². The molecule has 0 bridgehead atoms. The molecule has 0 saturated heterocycles. The number of nitrogens with one attached hydrogen (secondary N) is 1. The summed E-state index contributed by atoms with van der Waals surface area (Å²) in [4.78, 5) is 19.1. The Kier molecular flexibility index (Phi) is 3.71. The van der Waals surface area contributed by atoms with Gasteiger partial charge in [0.1, 0.15) is 16.2 Å². The molecule has 26 heavy (non-hydrogen) atoms. The van der Waals surface area contributed by atoms with Gasteiger partial charge in [0.2, 0.25) is 5.95 Å². The second kappa shape index (κ2) is 5.72. The molecule has 0 saturated carbocycles. The molecular weight excluding hydrogens is 377 g/mol. The van der Waals surface area contributed by atoms with Crippen LogP contribution < -0.4 is 10.5 Å². The molecule has 0 aliphatic rings. The first-order valence-corrected chi connectivity index (χ1v) is 8.50. The highest BCUT2D eigenvalue weighted by atomic mass is 35.5. The van der Waals surface area contributed by atoms with Gasteiger partial charge >= 0.3 is 0 Å². The third-order valence-corrected chi connectivity index (χ3v) is 5.13. The van der Waals surface area contributed by atoms with Crippen molar-refractivity contribution in [2.24, 2.45) is 14.1 Å². The van der Waals surface area contributed by atoms with E-state index in [1.54, 1.807) is 35.8 Å². The van der Waals surface area contributed by atoms with Gasteiger partial charge < -0.3 is 4.90 Å². The molecule has 4 rings (SSSR count). The number of rotatable bonds is 2. The van der Waals surface area contributed by atoms with Crippen molar-refractivity contribution in [2.75, 3.05) is 19.0 Å². The highest BCUT2D eigenvalue weighted by Gasteiger charge is 2.21. The van der Waals surface area contributed by atoms with Crippen molar-refractivity contribution in [1.82, 2.24) is 29.5 Å². The third-order valence-electron chi connectivity index (χ3n) is 4.30. The van der Waals surface area contributed by atoms with Crippen molar-refractivity contribution in [3.63, 3.8) is 0 Å². The van der Waals surface area contributed by atoms with E-state index in [2.05, 4.69) is 20.3 Å². The predicted octanol–water partition coefficient (Wildman–Crippen LogP) is 2.58. The lowest BCUT2D eigenvalue weighted by atomic mass is 10.1. The van der Waals surface area contributed by atoms with Crippen molar-refractivity contribution < 1.29 is 0 Å². The standard InChI is InChI=1S/C16H15Cl2N7O/c1-23(2)16-19-14-10(15(26)24(16)3)12(20-21-14)7-5-6-8-9(11(7)17)13(18)25(4)22-8/h5-6H,1-4H3,(H,20,21). The maximum absolute atomic E-state index is 12.9. The number of anilines is 1. The quantitative estimate of drug-likeness (QED) is 0.567. The first-order valence-electron chi connectivity index (χ1n) is 7.74. The van der Waals surface area contributed by atoms with E-state index in [0.717, 1.165) is 0 Å². The van der Waals surface area contributed by atoms with Crippen LogP contribution in [0, 0.1) is 0 Å². The van der Waals surface area contributed by atoms with E-state index in [4.69, 9.17) is 23.2 Å². The van der Waals surface area contributed by atoms with Crippen LogP contribution in [0.2, 0.25) is 10.2 Å². The molecule has 3 aromatic heterocycles. The highest BCUT2D eigenvalue weighted by molar-refractivity contribution is 6.43. The Morgan fingerprint density at radius 1 is 1.15 bits per heavy atom. The van der Waals surface area contributed by atoms with Crippen LogP contribution in [0.5, 0.6) is 0 Å². The van der Waals surface area contributed by atoms with Gasteiger partial charge in [-0.1, -0.05) is 23.2 Å². The number of aromatic nitrogens is 6. The Bertz CT molecular complexity index is 1240. The molecule has 10 heteroatoms. The van der Waals surface area contributed by atoms with Crippen LogP contribution in [0.25, 0.3) is 33.2 Å². The van der Waals surface area contributed by atoms with Crippen LogP contribution in [0.4, 0.5) is 5.95 Å². The second-order valence-corrected chi connectivity index (χ2v) is 6.94. The van der Waals surface area contributed by atoms with Gasteiger partial charge in [0.25, 0.3) is 5.56 Å². The van der Waals surface area contributed by atoms with Crippen molar-refractivity contribution in [3.8, 4) is 11.3 Å². The summed E-state index contributed by atoms with van der Waals surface area (Å²) < 4.78 is 3.03. The predicted molar refractivity (Wildman–Crippen MR) is 103 cm³/mol. The maximum atomic E-state index is 12.9. The number of aryl methyl sites for hydroxylation is 1. The summed E-state index contributed by atoms with van der Waals surface area (Å²) in [6.45, 7) is 0. The molecular formula is C16H15Cl2N7O. The fraction of sp³-hybridized carbons (Fsp3) is 0.250. The number of hydrogen-bond donors (Lipinski definition) is 1. The summed E-state index contributed by atoms with van der Waals surface area (Å²) in [5.41, 5.74) is 1.89. The Morgan fingerprint density at radius 3 is 2.58 bits per heavy atom. The zero-order valence-electron chi connectivity index (χ0n) is 14.5. The average Bonchev–Trinajstić information content (AvgIpc) is 3.13. The van der Waals surface area contributed by atoms with Gasteiger partial charge in [-0.05, 0) is 12.1 Å². The first kappa shape index (κ1) is 16.9. The van der Waals surface area contributed by atoms with Gasteiger partial charge in [-0.3, -0.25) is 19.1 Å². The van der Waals surface area contributed by atoms with Crippen molar-refractivity contribution in [2.45, 2.75) is 0 Å². The summed E-state index contributed by atoms with van der Waals surface area (Å²) in [5, 5.41) is 13.3. The molecule has 1 aromatic carbocycles. The first-order chi connectivity index (χ1) is 12.3.